The van der Waals surface area contributed by atoms with Crippen molar-refractivity contribution in [2.45, 2.75) is 45.6 Å². The summed E-state index contributed by atoms with van der Waals surface area (Å²) in [4.78, 5) is 11.9. The number of hydrogen-bond acceptors (Lipinski definition) is 3. The van der Waals surface area contributed by atoms with Crippen LogP contribution in [0.15, 0.2) is 24.3 Å². The number of amides is 1. The molecular formula is C17H26N2O2. The Morgan fingerprint density at radius 1 is 1.33 bits per heavy atom. The molecule has 0 heterocycles. The van der Waals surface area contributed by atoms with Gasteiger partial charge in [-0.05, 0) is 30.9 Å². The molecule has 1 amide bonds. The summed E-state index contributed by atoms with van der Waals surface area (Å²) >= 11 is 0. The molecule has 2 rings (SSSR count). The van der Waals surface area contributed by atoms with Crippen molar-refractivity contribution in [3.05, 3.63) is 24.3 Å². The van der Waals surface area contributed by atoms with Crippen LogP contribution in [0.2, 0.25) is 0 Å². The molecule has 4 heteroatoms. The topological polar surface area (TPSA) is 50.4 Å². The zero-order chi connectivity index (χ0) is 15.1. The van der Waals surface area contributed by atoms with E-state index in [-0.39, 0.29) is 5.91 Å². The van der Waals surface area contributed by atoms with E-state index in [0.717, 1.165) is 11.4 Å². The van der Waals surface area contributed by atoms with Gasteiger partial charge in [-0.1, -0.05) is 32.8 Å². The van der Waals surface area contributed by atoms with E-state index in [0.29, 0.717) is 25.1 Å². The van der Waals surface area contributed by atoms with Crippen LogP contribution in [-0.2, 0) is 4.79 Å². The highest BCUT2D eigenvalue weighted by Crippen LogP contribution is 2.19. The molecule has 0 saturated heterocycles. The van der Waals surface area contributed by atoms with E-state index in [1.54, 1.807) is 0 Å². The molecule has 0 bridgehead atoms. The summed E-state index contributed by atoms with van der Waals surface area (Å²) in [6, 6.07) is 8.08. The fourth-order valence-corrected chi connectivity index (χ4v) is 2.50. The van der Waals surface area contributed by atoms with Gasteiger partial charge in [-0.2, -0.15) is 0 Å². The fourth-order valence-electron chi connectivity index (χ4n) is 2.50. The summed E-state index contributed by atoms with van der Waals surface area (Å²) in [6.45, 7) is 5.28. The minimum Gasteiger partial charge on any atom is -0.493 e. The van der Waals surface area contributed by atoms with E-state index >= 15 is 0 Å². The highest BCUT2D eigenvalue weighted by Gasteiger charge is 2.15. The first-order valence-corrected chi connectivity index (χ1v) is 7.89. The van der Waals surface area contributed by atoms with Crippen molar-refractivity contribution in [2.75, 3.05) is 18.5 Å². The Morgan fingerprint density at radius 2 is 2.10 bits per heavy atom. The van der Waals surface area contributed by atoms with Crippen LogP contribution in [0.5, 0.6) is 5.75 Å². The van der Waals surface area contributed by atoms with Crippen molar-refractivity contribution in [3.8, 4) is 5.75 Å². The second kappa shape index (κ2) is 8.03. The van der Waals surface area contributed by atoms with E-state index in [1.165, 1.54) is 25.7 Å². The highest BCUT2D eigenvalue weighted by atomic mass is 16.5. The third-order valence-electron chi connectivity index (χ3n) is 3.61. The van der Waals surface area contributed by atoms with Gasteiger partial charge in [-0.3, -0.25) is 4.79 Å². The molecule has 1 saturated carbocycles. The Morgan fingerprint density at radius 3 is 2.81 bits per heavy atom. The average molecular weight is 290 g/mol. The molecule has 116 valence electrons. The molecule has 0 unspecified atom stereocenters. The Balaban J connectivity index is 1.78. The van der Waals surface area contributed by atoms with Crippen LogP contribution in [0.1, 0.15) is 39.5 Å². The van der Waals surface area contributed by atoms with Crippen molar-refractivity contribution >= 4 is 11.6 Å². The molecule has 0 aliphatic heterocycles. The van der Waals surface area contributed by atoms with E-state index in [4.69, 9.17) is 4.74 Å². The van der Waals surface area contributed by atoms with Crippen molar-refractivity contribution < 1.29 is 9.53 Å². The summed E-state index contributed by atoms with van der Waals surface area (Å²) in [7, 11) is 0. The van der Waals surface area contributed by atoms with Gasteiger partial charge < -0.3 is 15.4 Å². The number of carbonyl (C=O) groups is 1. The minimum atomic E-state index is 0.00269. The summed E-state index contributed by atoms with van der Waals surface area (Å²) in [5.74, 6) is 1.28. The van der Waals surface area contributed by atoms with Gasteiger partial charge in [0.05, 0.1) is 13.2 Å². The molecule has 0 aromatic heterocycles. The largest absolute Gasteiger partial charge is 0.493 e. The van der Waals surface area contributed by atoms with Crippen LogP contribution >= 0.6 is 0 Å². The van der Waals surface area contributed by atoms with Gasteiger partial charge in [-0.15, -0.1) is 0 Å². The standard InChI is InChI=1S/C17H26N2O2/c1-13(2)12-21-16-9-5-8-15(10-16)19-17(20)11-18-14-6-3-4-7-14/h5,8-10,13-14,18H,3-4,6-7,11-12H2,1-2H3,(H,19,20). The number of carbonyl (C=O) groups excluding carboxylic acids is 1. The third kappa shape index (κ3) is 5.76. The second-order valence-electron chi connectivity index (χ2n) is 6.14. The van der Waals surface area contributed by atoms with Crippen LogP contribution in [0.25, 0.3) is 0 Å². The SMILES string of the molecule is CC(C)COc1cccc(NC(=O)CNC2CCCC2)c1. The van der Waals surface area contributed by atoms with Gasteiger partial charge in [0, 0.05) is 17.8 Å². The van der Waals surface area contributed by atoms with Crippen molar-refractivity contribution in [1.29, 1.82) is 0 Å². The maximum atomic E-state index is 11.9. The summed E-state index contributed by atoms with van der Waals surface area (Å²) in [5.41, 5.74) is 0.787. The first-order chi connectivity index (χ1) is 10.1. The lowest BCUT2D eigenvalue weighted by Gasteiger charge is -2.13. The molecule has 1 aromatic carbocycles. The number of nitrogens with one attached hydrogen (secondary N) is 2. The van der Waals surface area contributed by atoms with Crippen LogP contribution in [0.3, 0.4) is 0 Å². The van der Waals surface area contributed by atoms with E-state index in [1.807, 2.05) is 24.3 Å². The number of ether oxygens (including phenoxy) is 1. The monoisotopic (exact) mass is 290 g/mol. The number of hydrogen-bond donors (Lipinski definition) is 2. The van der Waals surface area contributed by atoms with Gasteiger partial charge in [0.15, 0.2) is 0 Å². The molecule has 1 aliphatic rings. The maximum Gasteiger partial charge on any atom is 0.238 e. The molecule has 4 nitrogen and oxygen atoms in total. The molecule has 0 radical (unpaired) electrons. The van der Waals surface area contributed by atoms with Crippen molar-refractivity contribution in [1.82, 2.24) is 5.32 Å². The van der Waals surface area contributed by atoms with Gasteiger partial charge in [0.2, 0.25) is 5.91 Å². The summed E-state index contributed by atoms with van der Waals surface area (Å²) < 4.78 is 5.66. The van der Waals surface area contributed by atoms with Crippen LogP contribution in [0.4, 0.5) is 5.69 Å². The lowest BCUT2D eigenvalue weighted by atomic mass is 10.2. The fraction of sp³-hybridized carbons (Fsp3) is 0.588. The van der Waals surface area contributed by atoms with Gasteiger partial charge >= 0.3 is 0 Å². The molecule has 21 heavy (non-hydrogen) atoms. The normalized spacial score (nSPS) is 15.4. The second-order valence-corrected chi connectivity index (χ2v) is 6.14. The van der Waals surface area contributed by atoms with E-state index in [9.17, 15) is 4.79 Å². The predicted molar refractivity (Wildman–Crippen MR) is 85.7 cm³/mol. The maximum absolute atomic E-state index is 11.9. The minimum absolute atomic E-state index is 0.00269. The van der Waals surface area contributed by atoms with Crippen molar-refractivity contribution in [2.24, 2.45) is 5.92 Å². The molecular weight excluding hydrogens is 264 g/mol. The predicted octanol–water partition coefficient (Wildman–Crippen LogP) is 3.19. The molecule has 0 spiro atoms. The van der Waals surface area contributed by atoms with Crippen molar-refractivity contribution in [3.63, 3.8) is 0 Å². The third-order valence-corrected chi connectivity index (χ3v) is 3.61. The number of rotatable bonds is 7. The Bertz CT molecular complexity index is 454. The van der Waals surface area contributed by atoms with E-state index < -0.39 is 0 Å². The summed E-state index contributed by atoms with van der Waals surface area (Å²) in [6.07, 6.45) is 4.92. The Labute approximate surface area is 127 Å². The Hall–Kier alpha value is -1.55. The number of benzene rings is 1. The van der Waals surface area contributed by atoms with Crippen LogP contribution in [-0.4, -0.2) is 25.1 Å². The lowest BCUT2D eigenvalue weighted by molar-refractivity contribution is -0.115. The van der Waals surface area contributed by atoms with Gasteiger partial charge in [-0.25, -0.2) is 0 Å². The smallest absolute Gasteiger partial charge is 0.238 e. The molecule has 2 N–H and O–H groups in total. The average Bonchev–Trinajstić information content (AvgIpc) is 2.97. The van der Waals surface area contributed by atoms with Crippen LogP contribution < -0.4 is 15.4 Å². The Kier molecular flexibility index (Phi) is 6.05. The van der Waals surface area contributed by atoms with Gasteiger partial charge in [0.1, 0.15) is 5.75 Å². The molecule has 1 aromatic rings. The zero-order valence-corrected chi connectivity index (χ0v) is 13.0. The zero-order valence-electron chi connectivity index (χ0n) is 13.0. The molecule has 1 fully saturated rings. The van der Waals surface area contributed by atoms with Crippen LogP contribution in [0, 0.1) is 5.92 Å². The molecule has 1 aliphatic carbocycles. The quantitative estimate of drug-likeness (QED) is 0.811. The number of anilines is 1. The van der Waals surface area contributed by atoms with Gasteiger partial charge in [0.25, 0.3) is 0 Å². The van der Waals surface area contributed by atoms with E-state index in [2.05, 4.69) is 24.5 Å². The first-order valence-electron chi connectivity index (χ1n) is 7.89. The first kappa shape index (κ1) is 15.8. The lowest BCUT2D eigenvalue weighted by Crippen LogP contribution is -2.34. The highest BCUT2D eigenvalue weighted by molar-refractivity contribution is 5.92. The summed E-state index contributed by atoms with van der Waals surface area (Å²) in [5, 5.41) is 6.23. The molecule has 0 atom stereocenters.